The molecule has 0 amide bonds. The Hall–Kier alpha value is -1.57. The molecule has 2 aromatic carbocycles. The van der Waals surface area contributed by atoms with Crippen molar-refractivity contribution >= 4 is 43.4 Å². The quantitative estimate of drug-likeness (QED) is 0.433. The van der Waals surface area contributed by atoms with Crippen LogP contribution in [0.1, 0.15) is 34.6 Å². The van der Waals surface area contributed by atoms with Crippen molar-refractivity contribution in [2.45, 2.75) is 23.6 Å². The number of carbonyl (C=O) groups excluding carboxylic acids is 2. The summed E-state index contributed by atoms with van der Waals surface area (Å²) in [6.45, 7) is 4.32. The minimum atomic E-state index is -0.303. The smallest absolute Gasteiger partial charge is 0.338 e. The molecule has 0 N–H and O–H groups in total. The number of ether oxygens (including phenoxy) is 2. The number of hydrogen-bond donors (Lipinski definition) is 0. The van der Waals surface area contributed by atoms with Crippen LogP contribution in [0.5, 0.6) is 0 Å². The number of carbonyl (C=O) groups is 2. The first-order valence-electron chi connectivity index (χ1n) is 7.69. The van der Waals surface area contributed by atoms with Crippen molar-refractivity contribution in [2.75, 3.05) is 13.2 Å². The summed E-state index contributed by atoms with van der Waals surface area (Å²) in [6, 6.07) is 14.6. The molecule has 0 heterocycles. The first-order chi connectivity index (χ1) is 12.1. The highest BCUT2D eigenvalue weighted by molar-refractivity contribution is 9.09. The predicted octanol–water partition coefficient (Wildman–Crippen LogP) is 5.49. The minimum Gasteiger partial charge on any atom is -0.462 e. The third-order valence-electron chi connectivity index (χ3n) is 2.99. The summed E-state index contributed by atoms with van der Waals surface area (Å²) in [5, 5.41) is 0. The van der Waals surface area contributed by atoms with E-state index in [0.29, 0.717) is 24.3 Å². The molecule has 25 heavy (non-hydrogen) atoms. The van der Waals surface area contributed by atoms with Crippen LogP contribution < -0.4 is 0 Å². The van der Waals surface area contributed by atoms with Crippen LogP contribution in [0, 0.1) is 0 Å². The number of esters is 2. The van der Waals surface area contributed by atoms with Gasteiger partial charge in [0.25, 0.3) is 0 Å². The largest absolute Gasteiger partial charge is 0.462 e. The van der Waals surface area contributed by atoms with Crippen LogP contribution in [0.15, 0.2) is 58.3 Å². The molecule has 0 saturated carbocycles. The van der Waals surface area contributed by atoms with Gasteiger partial charge in [-0.15, -0.1) is 0 Å². The van der Waals surface area contributed by atoms with Crippen LogP contribution in [0.3, 0.4) is 0 Å². The zero-order valence-corrected chi connectivity index (χ0v) is 16.3. The summed E-state index contributed by atoms with van der Waals surface area (Å²) in [5.41, 5.74) is 1.11. The highest BCUT2D eigenvalue weighted by atomic mass is 33.5. The Morgan fingerprint density at radius 1 is 0.720 bits per heavy atom. The van der Waals surface area contributed by atoms with E-state index < -0.39 is 0 Å². The second-order valence-electron chi connectivity index (χ2n) is 4.72. The van der Waals surface area contributed by atoms with Crippen molar-refractivity contribution < 1.29 is 19.1 Å². The fourth-order valence-corrected chi connectivity index (χ4v) is 5.46. The summed E-state index contributed by atoms with van der Waals surface area (Å²) in [5.74, 6) is -0.606. The molecule has 0 aliphatic heterocycles. The lowest BCUT2D eigenvalue weighted by Crippen LogP contribution is -2.03. The number of hydrogen-bond acceptors (Lipinski definition) is 7. The molecule has 0 fully saturated rings. The Morgan fingerprint density at radius 2 is 1.08 bits per heavy atom. The van der Waals surface area contributed by atoms with Gasteiger partial charge in [-0.05, 0) is 93.8 Å². The van der Waals surface area contributed by atoms with Crippen LogP contribution in [-0.2, 0) is 9.47 Å². The average molecular weight is 395 g/mol. The summed E-state index contributed by atoms with van der Waals surface area (Å²) in [6.07, 6.45) is 0. The molecule has 0 unspecified atom stereocenters. The molecule has 4 nitrogen and oxygen atoms in total. The summed E-state index contributed by atoms with van der Waals surface area (Å²) >= 11 is 0. The Labute approximate surface area is 158 Å². The summed E-state index contributed by atoms with van der Waals surface area (Å²) in [4.78, 5) is 25.3. The fraction of sp³-hybridized carbons (Fsp3) is 0.222. The molecule has 2 aromatic rings. The van der Waals surface area contributed by atoms with Crippen LogP contribution in [-0.4, -0.2) is 25.2 Å². The SMILES string of the molecule is CCOC(=O)c1ccc(SSSc2ccc(C(=O)OCC)cc2)cc1. The predicted molar refractivity (Wildman–Crippen MR) is 104 cm³/mol. The monoisotopic (exact) mass is 394 g/mol. The van der Waals surface area contributed by atoms with E-state index in [4.69, 9.17) is 9.47 Å². The second kappa shape index (κ2) is 10.4. The molecule has 132 valence electrons. The third-order valence-corrected chi connectivity index (χ3v) is 6.84. The third kappa shape index (κ3) is 6.34. The zero-order chi connectivity index (χ0) is 18.1. The van der Waals surface area contributed by atoms with E-state index >= 15 is 0 Å². The summed E-state index contributed by atoms with van der Waals surface area (Å²) in [7, 11) is 4.82. The van der Waals surface area contributed by atoms with Crippen molar-refractivity contribution in [3.63, 3.8) is 0 Å². The van der Waals surface area contributed by atoms with Gasteiger partial charge in [0.15, 0.2) is 0 Å². The van der Waals surface area contributed by atoms with Gasteiger partial charge in [0, 0.05) is 9.79 Å². The molecular formula is C18H18O4S3. The van der Waals surface area contributed by atoms with Gasteiger partial charge < -0.3 is 9.47 Å². The van der Waals surface area contributed by atoms with Gasteiger partial charge in [0.1, 0.15) is 0 Å². The van der Waals surface area contributed by atoms with Gasteiger partial charge in [-0.25, -0.2) is 9.59 Å². The number of benzene rings is 2. The van der Waals surface area contributed by atoms with Crippen molar-refractivity contribution in [1.82, 2.24) is 0 Å². The lowest BCUT2D eigenvalue weighted by molar-refractivity contribution is 0.0516. The lowest BCUT2D eigenvalue weighted by Gasteiger charge is -2.05. The maximum absolute atomic E-state index is 11.6. The van der Waals surface area contributed by atoms with Crippen LogP contribution in [0.2, 0.25) is 0 Å². The lowest BCUT2D eigenvalue weighted by atomic mass is 10.2. The number of rotatable bonds is 8. The minimum absolute atomic E-state index is 0.303. The van der Waals surface area contributed by atoms with Crippen LogP contribution >= 0.6 is 31.4 Å². The van der Waals surface area contributed by atoms with E-state index in [1.165, 1.54) is 0 Å². The molecule has 0 spiro atoms. The Balaban J connectivity index is 1.82. The maximum atomic E-state index is 11.6. The Bertz CT molecular complexity index is 638. The Kier molecular flexibility index (Phi) is 8.24. The summed E-state index contributed by atoms with van der Waals surface area (Å²) < 4.78 is 9.92. The molecule has 0 aliphatic carbocycles. The fourth-order valence-electron chi connectivity index (χ4n) is 1.82. The topological polar surface area (TPSA) is 52.6 Å². The molecule has 0 aliphatic rings. The highest BCUT2D eigenvalue weighted by Crippen LogP contribution is 2.44. The second-order valence-corrected chi connectivity index (χ2v) is 8.77. The van der Waals surface area contributed by atoms with Crippen molar-refractivity contribution in [3.05, 3.63) is 59.7 Å². The van der Waals surface area contributed by atoms with Gasteiger partial charge in [-0.3, -0.25) is 0 Å². The van der Waals surface area contributed by atoms with Crippen molar-refractivity contribution in [2.24, 2.45) is 0 Å². The van der Waals surface area contributed by atoms with Crippen molar-refractivity contribution in [1.29, 1.82) is 0 Å². The molecule has 0 saturated heterocycles. The van der Waals surface area contributed by atoms with E-state index in [2.05, 4.69) is 0 Å². The molecule has 2 rings (SSSR count). The Morgan fingerprint density at radius 3 is 1.40 bits per heavy atom. The van der Waals surface area contributed by atoms with E-state index in [0.717, 1.165) is 9.79 Å². The van der Waals surface area contributed by atoms with E-state index in [9.17, 15) is 9.59 Å². The molecular weight excluding hydrogens is 376 g/mol. The molecule has 0 atom stereocenters. The zero-order valence-electron chi connectivity index (χ0n) is 13.9. The van der Waals surface area contributed by atoms with Gasteiger partial charge in [-0.1, -0.05) is 0 Å². The average Bonchev–Trinajstić information content (AvgIpc) is 2.63. The highest BCUT2D eigenvalue weighted by Gasteiger charge is 2.07. The van der Waals surface area contributed by atoms with Crippen LogP contribution in [0.4, 0.5) is 0 Å². The molecule has 0 radical (unpaired) electrons. The van der Waals surface area contributed by atoms with Gasteiger partial charge >= 0.3 is 11.9 Å². The molecule has 0 aromatic heterocycles. The first kappa shape index (κ1) is 19.8. The first-order valence-corrected chi connectivity index (χ1v) is 11.2. The van der Waals surface area contributed by atoms with Gasteiger partial charge in [0.05, 0.1) is 24.3 Å². The normalized spacial score (nSPS) is 10.3. The van der Waals surface area contributed by atoms with E-state index in [1.807, 2.05) is 24.3 Å². The standard InChI is InChI=1S/C18H18O4S3/c1-3-21-17(19)13-5-9-15(10-6-13)23-25-24-16-11-7-14(8-12-16)18(20)22-4-2/h5-12H,3-4H2,1-2H3. The molecule has 0 bridgehead atoms. The van der Waals surface area contributed by atoms with E-state index in [-0.39, 0.29) is 11.9 Å². The maximum Gasteiger partial charge on any atom is 0.338 e. The van der Waals surface area contributed by atoms with Crippen molar-refractivity contribution in [3.8, 4) is 0 Å². The van der Waals surface area contributed by atoms with Gasteiger partial charge in [-0.2, -0.15) is 0 Å². The molecule has 7 heteroatoms. The van der Waals surface area contributed by atoms with Crippen LogP contribution in [0.25, 0.3) is 0 Å². The van der Waals surface area contributed by atoms with Gasteiger partial charge in [0.2, 0.25) is 0 Å². The van der Waals surface area contributed by atoms with E-state index in [1.54, 1.807) is 69.5 Å².